The molecule has 55 heavy (non-hydrogen) atoms. The molecule has 10 rings (SSSR count). The van der Waals surface area contributed by atoms with Gasteiger partial charge in [0, 0.05) is 46.7 Å². The van der Waals surface area contributed by atoms with Gasteiger partial charge in [0.1, 0.15) is 29.8 Å². The maximum Gasteiger partial charge on any atom is 0.137 e. The van der Waals surface area contributed by atoms with Crippen LogP contribution in [0.3, 0.4) is 0 Å². The SMILES string of the molecule is CC(C)(C)c1ccnc(N2c3ccccc3-c3ccccc3-c3ccc(Oc4cccc(N5CN(c6cc7ccccc7cn6)c6ccccc65)c4)cc32)c1. The Morgan fingerprint density at radius 3 is 1.93 bits per heavy atom. The third-order valence-corrected chi connectivity index (χ3v) is 10.7. The minimum absolute atomic E-state index is 0.0380. The summed E-state index contributed by atoms with van der Waals surface area (Å²) in [7, 11) is 0. The van der Waals surface area contributed by atoms with Crippen LogP contribution in [0.4, 0.5) is 40.1 Å². The molecular formula is C49H39N5O. The van der Waals surface area contributed by atoms with Gasteiger partial charge in [-0.2, -0.15) is 0 Å². The Morgan fingerprint density at radius 1 is 0.491 bits per heavy atom. The van der Waals surface area contributed by atoms with E-state index in [1.165, 1.54) is 22.1 Å². The monoisotopic (exact) mass is 713 g/mol. The number of benzene rings is 6. The summed E-state index contributed by atoms with van der Waals surface area (Å²) in [6.07, 6.45) is 3.89. The van der Waals surface area contributed by atoms with Gasteiger partial charge in [0.15, 0.2) is 0 Å². The third-order valence-electron chi connectivity index (χ3n) is 10.7. The molecule has 0 saturated carbocycles. The Balaban J connectivity index is 1.04. The lowest BCUT2D eigenvalue weighted by Crippen LogP contribution is -2.24. The topological polar surface area (TPSA) is 44.7 Å². The first-order chi connectivity index (χ1) is 26.9. The number of nitrogens with zero attached hydrogens (tertiary/aromatic N) is 5. The van der Waals surface area contributed by atoms with E-state index in [2.05, 4.69) is 181 Å². The molecule has 2 aromatic heterocycles. The van der Waals surface area contributed by atoms with E-state index in [9.17, 15) is 0 Å². The second kappa shape index (κ2) is 12.9. The van der Waals surface area contributed by atoms with Crippen LogP contribution < -0.4 is 19.4 Å². The van der Waals surface area contributed by atoms with Gasteiger partial charge in [0.25, 0.3) is 0 Å². The zero-order valence-electron chi connectivity index (χ0n) is 31.0. The normalized spacial score (nSPS) is 13.2. The molecule has 0 radical (unpaired) electrons. The molecule has 0 bridgehead atoms. The van der Waals surface area contributed by atoms with Crippen LogP contribution in [0.1, 0.15) is 26.3 Å². The van der Waals surface area contributed by atoms with E-state index in [4.69, 9.17) is 14.7 Å². The number of rotatable bonds is 5. The van der Waals surface area contributed by atoms with Gasteiger partial charge in [-0.1, -0.05) is 106 Å². The van der Waals surface area contributed by atoms with Crippen molar-refractivity contribution in [2.45, 2.75) is 26.2 Å². The highest BCUT2D eigenvalue weighted by Gasteiger charge is 2.30. The van der Waals surface area contributed by atoms with E-state index in [0.29, 0.717) is 6.67 Å². The molecular weight excluding hydrogens is 675 g/mol. The number of aromatic nitrogens is 2. The van der Waals surface area contributed by atoms with Crippen LogP contribution in [0.25, 0.3) is 33.0 Å². The van der Waals surface area contributed by atoms with Crippen molar-refractivity contribution in [2.24, 2.45) is 0 Å². The van der Waals surface area contributed by atoms with E-state index < -0.39 is 0 Å². The highest BCUT2D eigenvalue weighted by molar-refractivity contribution is 6.02. The molecule has 8 aromatic rings. The molecule has 0 unspecified atom stereocenters. The second-order valence-electron chi connectivity index (χ2n) is 15.2. The van der Waals surface area contributed by atoms with Gasteiger partial charge < -0.3 is 14.5 Å². The van der Waals surface area contributed by atoms with Gasteiger partial charge in [-0.05, 0) is 88.2 Å². The average molecular weight is 714 g/mol. The molecule has 6 aromatic carbocycles. The quantitative estimate of drug-likeness (QED) is 0.177. The zero-order chi connectivity index (χ0) is 37.1. The number of hydrogen-bond donors (Lipinski definition) is 0. The van der Waals surface area contributed by atoms with E-state index in [0.717, 1.165) is 68.1 Å². The van der Waals surface area contributed by atoms with E-state index in [1.54, 1.807) is 0 Å². The third kappa shape index (κ3) is 5.74. The fraction of sp³-hybridized carbons (Fsp3) is 0.102. The van der Waals surface area contributed by atoms with Crippen LogP contribution in [0, 0.1) is 0 Å². The predicted molar refractivity (Wildman–Crippen MR) is 226 cm³/mol. The predicted octanol–water partition coefficient (Wildman–Crippen LogP) is 13.1. The maximum absolute atomic E-state index is 6.77. The van der Waals surface area contributed by atoms with Crippen molar-refractivity contribution in [1.82, 2.24) is 9.97 Å². The van der Waals surface area contributed by atoms with E-state index in [1.807, 2.05) is 24.5 Å². The molecule has 266 valence electrons. The number of anilines is 7. The number of hydrogen-bond acceptors (Lipinski definition) is 6. The zero-order valence-corrected chi connectivity index (χ0v) is 31.0. The Kier molecular flexibility index (Phi) is 7.66. The number of pyridine rings is 2. The largest absolute Gasteiger partial charge is 0.457 e. The molecule has 0 amide bonds. The summed E-state index contributed by atoms with van der Waals surface area (Å²) in [5.74, 6) is 3.28. The van der Waals surface area contributed by atoms with Crippen LogP contribution in [0.2, 0.25) is 0 Å². The Bertz CT molecular complexity index is 2750. The summed E-state index contributed by atoms with van der Waals surface area (Å²) < 4.78 is 6.77. The van der Waals surface area contributed by atoms with Crippen molar-refractivity contribution in [2.75, 3.05) is 21.4 Å². The number of para-hydroxylation sites is 3. The van der Waals surface area contributed by atoms with Crippen LogP contribution in [0.5, 0.6) is 11.5 Å². The minimum Gasteiger partial charge on any atom is -0.457 e. The molecule has 4 heterocycles. The minimum atomic E-state index is -0.0380. The Labute approximate surface area is 321 Å². The van der Waals surface area contributed by atoms with Gasteiger partial charge in [0.2, 0.25) is 0 Å². The highest BCUT2D eigenvalue weighted by atomic mass is 16.5. The second-order valence-corrected chi connectivity index (χ2v) is 15.2. The average Bonchev–Trinajstić information content (AvgIpc) is 3.56. The van der Waals surface area contributed by atoms with Gasteiger partial charge in [-0.15, -0.1) is 0 Å². The number of ether oxygens (including phenoxy) is 1. The molecule has 0 spiro atoms. The van der Waals surface area contributed by atoms with Crippen molar-refractivity contribution in [3.05, 3.63) is 176 Å². The van der Waals surface area contributed by atoms with Crippen LogP contribution in [-0.2, 0) is 5.41 Å². The molecule has 0 aliphatic carbocycles. The lowest BCUT2D eigenvalue weighted by molar-refractivity contribution is 0.483. The smallest absolute Gasteiger partial charge is 0.137 e. The van der Waals surface area contributed by atoms with Crippen molar-refractivity contribution in [3.63, 3.8) is 0 Å². The molecule has 2 aliphatic rings. The van der Waals surface area contributed by atoms with E-state index >= 15 is 0 Å². The highest BCUT2D eigenvalue weighted by Crippen LogP contribution is 2.52. The van der Waals surface area contributed by atoms with Crippen molar-refractivity contribution in [3.8, 4) is 33.8 Å². The van der Waals surface area contributed by atoms with Crippen molar-refractivity contribution >= 4 is 50.8 Å². The Hall–Kier alpha value is -6.92. The van der Waals surface area contributed by atoms with Gasteiger partial charge in [-0.25, -0.2) is 9.97 Å². The van der Waals surface area contributed by atoms with Crippen molar-refractivity contribution < 1.29 is 4.74 Å². The lowest BCUT2D eigenvalue weighted by Gasteiger charge is -2.28. The van der Waals surface area contributed by atoms with Gasteiger partial charge in [-0.3, -0.25) is 4.90 Å². The molecule has 2 aliphatic heterocycles. The Morgan fingerprint density at radius 2 is 1.15 bits per heavy atom. The first kappa shape index (κ1) is 32.7. The van der Waals surface area contributed by atoms with Crippen LogP contribution >= 0.6 is 0 Å². The summed E-state index contributed by atoms with van der Waals surface area (Å²) in [4.78, 5) is 16.7. The molecule has 0 saturated heterocycles. The summed E-state index contributed by atoms with van der Waals surface area (Å²) in [6.45, 7) is 7.35. The molecule has 6 heteroatoms. The van der Waals surface area contributed by atoms with Gasteiger partial charge in [0.05, 0.1) is 22.7 Å². The lowest BCUT2D eigenvalue weighted by atomic mass is 9.87. The first-order valence-corrected chi connectivity index (χ1v) is 18.8. The summed E-state index contributed by atoms with van der Waals surface area (Å²) in [5.41, 5.74) is 11.2. The molecule has 0 atom stereocenters. The fourth-order valence-corrected chi connectivity index (χ4v) is 7.92. The number of fused-ring (bicyclic) bond motifs is 7. The molecule has 0 N–H and O–H groups in total. The molecule has 6 nitrogen and oxygen atoms in total. The summed E-state index contributed by atoms with van der Waals surface area (Å²) in [6, 6.07) is 55.4. The van der Waals surface area contributed by atoms with E-state index in [-0.39, 0.29) is 5.41 Å². The van der Waals surface area contributed by atoms with Gasteiger partial charge >= 0.3 is 0 Å². The first-order valence-electron chi connectivity index (χ1n) is 18.8. The van der Waals surface area contributed by atoms with Crippen LogP contribution in [0.15, 0.2) is 170 Å². The standard InChI is InChI=1S/C49H39N5O/c1-49(2,3)35-25-26-50-48(28-35)54-43-20-9-8-19-41(43)39-17-6-7-18-40(39)42-24-23-38(30-46(42)54)55-37-16-12-15-36(29-37)52-32-53(45-22-11-10-21-44(45)52)47-27-33-13-4-5-14-34(33)31-51-47/h4-31H,32H2,1-3H3. The summed E-state index contributed by atoms with van der Waals surface area (Å²) in [5, 5.41) is 2.30. The van der Waals surface area contributed by atoms with Crippen LogP contribution in [-0.4, -0.2) is 16.6 Å². The summed E-state index contributed by atoms with van der Waals surface area (Å²) >= 11 is 0. The van der Waals surface area contributed by atoms with Crippen molar-refractivity contribution in [1.29, 1.82) is 0 Å². The fourth-order valence-electron chi connectivity index (χ4n) is 7.92. The molecule has 0 fully saturated rings. The maximum atomic E-state index is 6.77.